The Kier molecular flexibility index (Phi) is 5.27. The van der Waals surface area contributed by atoms with Gasteiger partial charge < -0.3 is 15.4 Å². The van der Waals surface area contributed by atoms with Crippen LogP contribution < -0.4 is 15.4 Å². The Balaban J connectivity index is 2.09. The average molecular weight is 374 g/mol. The van der Waals surface area contributed by atoms with Gasteiger partial charge in [-0.3, -0.25) is 4.79 Å². The number of nitrogens with one attached hydrogen (secondary N) is 2. The molecule has 0 aromatic heterocycles. The summed E-state index contributed by atoms with van der Waals surface area (Å²) in [6.07, 6.45) is 0. The van der Waals surface area contributed by atoms with Gasteiger partial charge in [-0.25, -0.2) is 0 Å². The fraction of sp³-hybridized carbons (Fsp3) is 0.158. The van der Waals surface area contributed by atoms with Crippen molar-refractivity contribution in [2.24, 2.45) is 0 Å². The van der Waals surface area contributed by atoms with Crippen LogP contribution in [-0.4, -0.2) is 17.5 Å². The summed E-state index contributed by atoms with van der Waals surface area (Å²) in [6, 6.07) is 14.4. The molecule has 4 nitrogen and oxygen atoms in total. The molecule has 0 saturated carbocycles. The molecule has 0 amide bonds. The summed E-state index contributed by atoms with van der Waals surface area (Å²) >= 11 is 5.19. The topological polar surface area (TPSA) is 50.4 Å². The third kappa shape index (κ3) is 3.72. The van der Waals surface area contributed by atoms with Crippen molar-refractivity contribution >= 4 is 23.1 Å². The Morgan fingerprint density at radius 1 is 1.12 bits per heavy atom. The van der Waals surface area contributed by atoms with Crippen LogP contribution in [0, 0.1) is 0 Å². The second kappa shape index (κ2) is 7.61. The largest absolute Gasteiger partial charge is 0.434 e. The van der Waals surface area contributed by atoms with Crippen molar-refractivity contribution in [3.8, 4) is 5.75 Å². The molecule has 0 spiro atoms. The zero-order valence-electron chi connectivity index (χ0n) is 13.8. The van der Waals surface area contributed by atoms with E-state index in [1.807, 2.05) is 6.07 Å². The number of hydrogen-bond donors (Lipinski definition) is 2. The maximum atomic E-state index is 13.1. The van der Waals surface area contributed by atoms with Crippen molar-refractivity contribution < 1.29 is 18.3 Å². The fourth-order valence-electron chi connectivity index (χ4n) is 2.90. The number of carbonyl (C=O) groups is 1. The molecule has 1 atom stereocenters. The smallest absolute Gasteiger partial charge is 0.387 e. The number of Topliss-reactive ketones (excluding diaryl/α,β-unsaturated/α-hetero) is 1. The summed E-state index contributed by atoms with van der Waals surface area (Å²) in [5.41, 5.74) is 1.88. The summed E-state index contributed by atoms with van der Waals surface area (Å²) in [5, 5.41) is 6.23. The molecule has 2 aromatic rings. The highest BCUT2D eigenvalue weighted by atomic mass is 32.1. The van der Waals surface area contributed by atoms with E-state index in [2.05, 4.69) is 15.4 Å². The first-order valence-corrected chi connectivity index (χ1v) is 8.30. The van der Waals surface area contributed by atoms with E-state index in [-0.39, 0.29) is 11.5 Å². The van der Waals surface area contributed by atoms with E-state index in [1.165, 1.54) is 6.07 Å². The second-order valence-corrected chi connectivity index (χ2v) is 6.09. The van der Waals surface area contributed by atoms with Crippen molar-refractivity contribution in [3.63, 3.8) is 0 Å². The SMILES string of the molecule is CC1=C(C(=O)c2ccccc2)C(c2ccccc2OC(F)F)NC(=S)N1. The molecule has 2 N–H and O–H groups in total. The van der Waals surface area contributed by atoms with Crippen molar-refractivity contribution in [3.05, 3.63) is 77.0 Å². The standard InChI is InChI=1S/C19H16F2N2O2S/c1-11-15(17(24)12-7-3-2-4-8-12)16(23-19(26)22-11)13-9-5-6-10-14(13)25-18(20)21/h2-10,16,18H,1H3,(H2,22,23,26). The summed E-state index contributed by atoms with van der Waals surface area (Å²) < 4.78 is 30.2. The number of ketones is 1. The number of thiocarbonyl (C=S) groups is 1. The van der Waals surface area contributed by atoms with Gasteiger partial charge in [0.25, 0.3) is 0 Å². The van der Waals surface area contributed by atoms with Gasteiger partial charge in [-0.2, -0.15) is 8.78 Å². The van der Waals surface area contributed by atoms with Gasteiger partial charge in [-0.1, -0.05) is 48.5 Å². The third-order valence-corrected chi connectivity index (χ3v) is 4.22. The molecular formula is C19H16F2N2O2S. The Hall–Kier alpha value is -2.80. The third-order valence-electron chi connectivity index (χ3n) is 4.00. The molecule has 26 heavy (non-hydrogen) atoms. The van der Waals surface area contributed by atoms with Gasteiger partial charge in [0, 0.05) is 22.4 Å². The Bertz CT molecular complexity index is 869. The number of allylic oxidation sites excluding steroid dienone is 1. The summed E-state index contributed by atoms with van der Waals surface area (Å²) in [4.78, 5) is 13.1. The number of halogens is 2. The molecule has 134 valence electrons. The summed E-state index contributed by atoms with van der Waals surface area (Å²) in [5.74, 6) is -0.224. The van der Waals surface area contributed by atoms with Crippen LogP contribution in [0.25, 0.3) is 0 Å². The molecule has 0 fully saturated rings. The summed E-state index contributed by atoms with van der Waals surface area (Å²) in [7, 11) is 0. The van der Waals surface area contributed by atoms with Gasteiger partial charge in [-0.05, 0) is 25.2 Å². The highest BCUT2D eigenvalue weighted by Crippen LogP contribution is 2.35. The summed E-state index contributed by atoms with van der Waals surface area (Å²) in [6.45, 7) is -1.24. The lowest BCUT2D eigenvalue weighted by Gasteiger charge is -2.31. The van der Waals surface area contributed by atoms with Crippen LogP contribution in [0.1, 0.15) is 28.9 Å². The lowest BCUT2D eigenvalue weighted by Crippen LogP contribution is -2.45. The van der Waals surface area contributed by atoms with Gasteiger partial charge in [-0.15, -0.1) is 0 Å². The van der Waals surface area contributed by atoms with Crippen molar-refractivity contribution in [1.29, 1.82) is 0 Å². The van der Waals surface area contributed by atoms with E-state index < -0.39 is 12.7 Å². The molecule has 0 saturated heterocycles. The van der Waals surface area contributed by atoms with Crippen LogP contribution in [0.2, 0.25) is 0 Å². The zero-order valence-corrected chi connectivity index (χ0v) is 14.6. The van der Waals surface area contributed by atoms with Crippen molar-refractivity contribution in [2.45, 2.75) is 19.6 Å². The minimum atomic E-state index is -2.97. The van der Waals surface area contributed by atoms with Crippen LogP contribution in [0.3, 0.4) is 0 Å². The number of alkyl halides is 2. The number of hydrogen-bond acceptors (Lipinski definition) is 3. The normalized spacial score (nSPS) is 16.9. The van der Waals surface area contributed by atoms with Crippen LogP contribution in [0.5, 0.6) is 5.75 Å². The van der Waals surface area contributed by atoms with E-state index in [9.17, 15) is 13.6 Å². The maximum Gasteiger partial charge on any atom is 0.387 e. The van der Waals surface area contributed by atoms with E-state index in [0.29, 0.717) is 27.5 Å². The lowest BCUT2D eigenvalue weighted by atomic mass is 9.89. The number of carbonyl (C=O) groups excluding carboxylic acids is 1. The predicted octanol–water partition coefficient (Wildman–Crippen LogP) is 3.96. The molecule has 1 heterocycles. The minimum Gasteiger partial charge on any atom is -0.434 e. The monoisotopic (exact) mass is 374 g/mol. The zero-order chi connectivity index (χ0) is 18.7. The highest BCUT2D eigenvalue weighted by Gasteiger charge is 2.32. The first kappa shape index (κ1) is 18.0. The molecule has 0 radical (unpaired) electrons. The molecule has 2 aromatic carbocycles. The van der Waals surface area contributed by atoms with Crippen LogP contribution in [0.15, 0.2) is 65.9 Å². The molecule has 1 aliphatic rings. The number of benzene rings is 2. The molecule has 1 unspecified atom stereocenters. The number of rotatable bonds is 5. The molecule has 1 aliphatic heterocycles. The number of para-hydroxylation sites is 1. The van der Waals surface area contributed by atoms with Gasteiger partial charge >= 0.3 is 6.61 Å². The molecule has 0 bridgehead atoms. The fourth-order valence-corrected chi connectivity index (χ4v) is 3.17. The average Bonchev–Trinajstić information content (AvgIpc) is 2.61. The van der Waals surface area contributed by atoms with Crippen LogP contribution >= 0.6 is 12.2 Å². The lowest BCUT2D eigenvalue weighted by molar-refractivity contribution is -0.0505. The quantitative estimate of drug-likeness (QED) is 0.613. The van der Waals surface area contributed by atoms with E-state index >= 15 is 0 Å². The molecule has 0 aliphatic carbocycles. The predicted molar refractivity (Wildman–Crippen MR) is 98.2 cm³/mol. The second-order valence-electron chi connectivity index (χ2n) is 5.68. The first-order valence-electron chi connectivity index (χ1n) is 7.89. The van der Waals surface area contributed by atoms with Crippen molar-refractivity contribution in [2.75, 3.05) is 0 Å². The van der Waals surface area contributed by atoms with Crippen LogP contribution in [-0.2, 0) is 0 Å². The molecule has 7 heteroatoms. The maximum absolute atomic E-state index is 13.1. The van der Waals surface area contributed by atoms with Gasteiger partial charge in [0.05, 0.1) is 6.04 Å². The van der Waals surface area contributed by atoms with E-state index in [4.69, 9.17) is 12.2 Å². The van der Waals surface area contributed by atoms with E-state index in [0.717, 1.165) is 0 Å². The van der Waals surface area contributed by atoms with Gasteiger partial charge in [0.15, 0.2) is 10.9 Å². The Labute approximate surface area is 154 Å². The Morgan fingerprint density at radius 3 is 2.46 bits per heavy atom. The van der Waals surface area contributed by atoms with Gasteiger partial charge in [0.1, 0.15) is 5.75 Å². The van der Waals surface area contributed by atoms with Crippen molar-refractivity contribution in [1.82, 2.24) is 10.6 Å². The minimum absolute atomic E-state index is 0.00383. The highest BCUT2D eigenvalue weighted by molar-refractivity contribution is 7.80. The molecular weight excluding hydrogens is 358 g/mol. The number of ether oxygens (including phenoxy) is 1. The van der Waals surface area contributed by atoms with E-state index in [1.54, 1.807) is 49.4 Å². The van der Waals surface area contributed by atoms with Crippen LogP contribution in [0.4, 0.5) is 8.78 Å². The molecule has 3 rings (SSSR count). The Morgan fingerprint density at radius 2 is 1.77 bits per heavy atom. The van der Waals surface area contributed by atoms with Gasteiger partial charge in [0.2, 0.25) is 0 Å². The first-order chi connectivity index (χ1) is 12.5.